The van der Waals surface area contributed by atoms with Crippen LogP contribution in [0, 0.1) is 11.8 Å². The lowest BCUT2D eigenvalue weighted by atomic mass is 9.65. The number of ether oxygens (including phenoxy) is 2. The van der Waals surface area contributed by atoms with Crippen LogP contribution in [0.2, 0.25) is 0 Å². The molecule has 0 radical (unpaired) electrons. The summed E-state index contributed by atoms with van der Waals surface area (Å²) >= 11 is 0. The number of hydrogen-bond acceptors (Lipinski definition) is 6. The number of esters is 1. The minimum atomic E-state index is -1.14. The highest BCUT2D eigenvalue weighted by Gasteiger charge is 2.79. The van der Waals surface area contributed by atoms with Gasteiger partial charge in [0.1, 0.15) is 17.6 Å². The number of rotatable bonds is 7. The van der Waals surface area contributed by atoms with Crippen LogP contribution < -0.4 is 5.32 Å². The Morgan fingerprint density at radius 1 is 1.20 bits per heavy atom. The predicted octanol–water partition coefficient (Wildman–Crippen LogP) is 2.88. The Hall–Kier alpha value is -2.97. The second kappa shape index (κ2) is 8.60. The summed E-state index contributed by atoms with van der Waals surface area (Å²) in [5.41, 5.74) is -1.37. The van der Waals surface area contributed by atoms with Crippen molar-refractivity contribution in [3.63, 3.8) is 0 Å². The van der Waals surface area contributed by atoms with Gasteiger partial charge in [-0.05, 0) is 56.0 Å². The summed E-state index contributed by atoms with van der Waals surface area (Å²) in [5, 5.41) is 15.0. The molecule has 8 heteroatoms. The molecule has 5 rings (SSSR count). The maximum atomic E-state index is 13.9. The SMILES string of the molecule is CCOC(=O)[C@H]1[C@H]2C(=O)N([C@H](C)CO)C(C(=O)Nc3ccc4ccccc4c3)C23CC[C@]1(CC)O3. The lowest BCUT2D eigenvalue weighted by Crippen LogP contribution is -2.55. The highest BCUT2D eigenvalue weighted by molar-refractivity contribution is 6.04. The van der Waals surface area contributed by atoms with Gasteiger partial charge >= 0.3 is 5.97 Å². The third-order valence-corrected chi connectivity index (χ3v) is 8.16. The van der Waals surface area contributed by atoms with Crippen LogP contribution in [0.5, 0.6) is 0 Å². The third kappa shape index (κ3) is 3.37. The van der Waals surface area contributed by atoms with Gasteiger partial charge in [-0.3, -0.25) is 14.4 Å². The van der Waals surface area contributed by atoms with Crippen molar-refractivity contribution in [1.29, 1.82) is 0 Å². The van der Waals surface area contributed by atoms with Crippen molar-refractivity contribution in [3.8, 4) is 0 Å². The van der Waals surface area contributed by atoms with Crippen LogP contribution in [0.15, 0.2) is 42.5 Å². The molecule has 2 bridgehead atoms. The smallest absolute Gasteiger partial charge is 0.312 e. The summed E-state index contributed by atoms with van der Waals surface area (Å²) in [6.07, 6.45) is 1.59. The molecule has 0 aromatic heterocycles. The minimum absolute atomic E-state index is 0.200. The van der Waals surface area contributed by atoms with Gasteiger partial charge in [-0.1, -0.05) is 37.3 Å². The van der Waals surface area contributed by atoms with Gasteiger partial charge < -0.3 is 24.8 Å². The fourth-order valence-electron chi connectivity index (χ4n) is 6.59. The number of anilines is 1. The molecule has 3 aliphatic heterocycles. The number of hydrogen-bond donors (Lipinski definition) is 2. The van der Waals surface area contributed by atoms with E-state index in [1.165, 1.54) is 4.90 Å². The largest absolute Gasteiger partial charge is 0.466 e. The Bertz CT molecular complexity index is 1180. The Kier molecular flexibility index (Phi) is 5.84. The van der Waals surface area contributed by atoms with Gasteiger partial charge in [0.25, 0.3) is 0 Å². The molecule has 6 atom stereocenters. The summed E-state index contributed by atoms with van der Waals surface area (Å²) in [6, 6.07) is 11.9. The van der Waals surface area contributed by atoms with E-state index in [9.17, 15) is 19.5 Å². The maximum Gasteiger partial charge on any atom is 0.312 e. The van der Waals surface area contributed by atoms with Gasteiger partial charge in [0.15, 0.2) is 0 Å². The molecule has 2 N–H and O–H groups in total. The van der Waals surface area contributed by atoms with E-state index in [2.05, 4.69) is 5.32 Å². The molecule has 0 saturated carbocycles. The molecular formula is C27H32N2O6. The second-order valence-electron chi connectivity index (χ2n) is 9.91. The van der Waals surface area contributed by atoms with Crippen LogP contribution in [0.1, 0.15) is 40.0 Å². The molecule has 0 aliphatic carbocycles. The second-order valence-corrected chi connectivity index (χ2v) is 9.91. The van der Waals surface area contributed by atoms with E-state index in [0.717, 1.165) is 10.8 Å². The fourth-order valence-corrected chi connectivity index (χ4v) is 6.59. The molecule has 2 aromatic carbocycles. The van der Waals surface area contributed by atoms with Crippen molar-refractivity contribution < 1.29 is 29.0 Å². The number of aliphatic hydroxyl groups excluding tert-OH is 1. The number of carbonyl (C=O) groups is 3. The zero-order chi connectivity index (χ0) is 25.0. The lowest BCUT2D eigenvalue weighted by molar-refractivity contribution is -0.161. The molecule has 2 aromatic rings. The van der Waals surface area contributed by atoms with Crippen molar-refractivity contribution in [2.24, 2.45) is 11.8 Å². The molecule has 3 fully saturated rings. The number of aliphatic hydroxyl groups is 1. The first-order valence-corrected chi connectivity index (χ1v) is 12.4. The van der Waals surface area contributed by atoms with E-state index in [1.807, 2.05) is 49.4 Å². The van der Waals surface area contributed by atoms with E-state index in [0.29, 0.717) is 24.9 Å². The van der Waals surface area contributed by atoms with E-state index in [-0.39, 0.29) is 25.0 Å². The standard InChI is InChI=1S/C27H32N2O6/c1-4-26-12-13-27(35-26)20(21(26)25(33)34-5-2)24(32)29(16(3)15-30)22(27)23(31)28-19-11-10-17-8-6-7-9-18(17)14-19/h6-11,14,16,20-22,30H,4-5,12-13,15H2,1-3H3,(H,28,31)/t16-,20+,21-,22?,26+,27?/m1/s1. The molecule has 35 heavy (non-hydrogen) atoms. The summed E-state index contributed by atoms with van der Waals surface area (Å²) in [5.74, 6) is -2.77. The maximum absolute atomic E-state index is 13.9. The molecule has 186 valence electrons. The van der Waals surface area contributed by atoms with Gasteiger partial charge in [-0.25, -0.2) is 0 Å². The van der Waals surface area contributed by atoms with E-state index >= 15 is 0 Å². The number of amides is 2. The van der Waals surface area contributed by atoms with Crippen molar-refractivity contribution in [2.45, 2.75) is 63.3 Å². The van der Waals surface area contributed by atoms with E-state index < -0.39 is 41.1 Å². The first kappa shape index (κ1) is 23.8. The Labute approximate surface area is 204 Å². The van der Waals surface area contributed by atoms with Gasteiger partial charge in [-0.2, -0.15) is 0 Å². The van der Waals surface area contributed by atoms with Crippen molar-refractivity contribution in [2.75, 3.05) is 18.5 Å². The third-order valence-electron chi connectivity index (χ3n) is 8.16. The van der Waals surface area contributed by atoms with Crippen LogP contribution >= 0.6 is 0 Å². The first-order valence-electron chi connectivity index (χ1n) is 12.4. The highest BCUT2D eigenvalue weighted by atomic mass is 16.6. The molecule has 8 nitrogen and oxygen atoms in total. The first-order chi connectivity index (χ1) is 16.8. The number of benzene rings is 2. The van der Waals surface area contributed by atoms with Gasteiger partial charge in [0.05, 0.1) is 30.8 Å². The lowest BCUT2D eigenvalue weighted by Gasteiger charge is -2.36. The summed E-state index contributed by atoms with van der Waals surface area (Å²) in [7, 11) is 0. The molecule has 3 saturated heterocycles. The molecule has 2 amide bonds. The van der Waals surface area contributed by atoms with Crippen LogP contribution in [0.3, 0.4) is 0 Å². The zero-order valence-electron chi connectivity index (χ0n) is 20.3. The minimum Gasteiger partial charge on any atom is -0.466 e. The number of likely N-dealkylation sites (tertiary alicyclic amines) is 1. The fraction of sp³-hybridized carbons (Fsp3) is 0.519. The Morgan fingerprint density at radius 3 is 2.63 bits per heavy atom. The predicted molar refractivity (Wildman–Crippen MR) is 129 cm³/mol. The number of nitrogens with one attached hydrogen (secondary N) is 1. The Morgan fingerprint density at radius 2 is 1.94 bits per heavy atom. The summed E-state index contributed by atoms with van der Waals surface area (Å²) < 4.78 is 12.0. The quantitative estimate of drug-likeness (QED) is 0.591. The average Bonchev–Trinajstić information content (AvgIpc) is 3.47. The molecule has 3 heterocycles. The zero-order valence-corrected chi connectivity index (χ0v) is 20.3. The van der Waals surface area contributed by atoms with Crippen LogP contribution in [-0.4, -0.2) is 64.3 Å². The van der Waals surface area contributed by atoms with Crippen LogP contribution in [-0.2, 0) is 23.9 Å². The normalized spacial score (nSPS) is 32.1. The number of fused-ring (bicyclic) bond motifs is 2. The summed E-state index contributed by atoms with van der Waals surface area (Å²) in [6.45, 7) is 5.27. The van der Waals surface area contributed by atoms with Crippen molar-refractivity contribution in [3.05, 3.63) is 42.5 Å². The van der Waals surface area contributed by atoms with Gasteiger partial charge in [-0.15, -0.1) is 0 Å². The topological polar surface area (TPSA) is 105 Å². The van der Waals surface area contributed by atoms with Gasteiger partial charge in [0.2, 0.25) is 11.8 Å². The van der Waals surface area contributed by atoms with Crippen LogP contribution in [0.25, 0.3) is 10.8 Å². The molecule has 2 unspecified atom stereocenters. The average molecular weight is 481 g/mol. The molecule has 1 spiro atoms. The highest BCUT2D eigenvalue weighted by Crippen LogP contribution is 2.64. The number of carbonyl (C=O) groups excluding carboxylic acids is 3. The van der Waals surface area contributed by atoms with Crippen LogP contribution in [0.4, 0.5) is 5.69 Å². The van der Waals surface area contributed by atoms with Crippen molar-refractivity contribution >= 4 is 34.2 Å². The summed E-state index contributed by atoms with van der Waals surface area (Å²) in [4.78, 5) is 42.2. The molecular weight excluding hydrogens is 448 g/mol. The van der Waals surface area contributed by atoms with Crippen molar-refractivity contribution in [1.82, 2.24) is 4.90 Å². The van der Waals surface area contributed by atoms with E-state index in [1.54, 1.807) is 13.8 Å². The monoisotopic (exact) mass is 480 g/mol. The van der Waals surface area contributed by atoms with Gasteiger partial charge in [0, 0.05) is 5.69 Å². The molecule has 3 aliphatic rings. The number of nitrogens with zero attached hydrogens (tertiary/aromatic N) is 1. The van der Waals surface area contributed by atoms with E-state index in [4.69, 9.17) is 9.47 Å². The Balaban J connectivity index is 1.55.